The number of esters is 2. The highest BCUT2D eigenvalue weighted by atomic mass is 28.3. The quantitative estimate of drug-likeness (QED) is 0.352. The van der Waals surface area contributed by atoms with Gasteiger partial charge in [0.15, 0.2) is 0 Å². The number of cyclic esters (lactones) is 2. The molecule has 154 valence electrons. The van der Waals surface area contributed by atoms with Gasteiger partial charge in [0, 0.05) is 5.92 Å². The average molecular weight is 411 g/mol. The molecule has 29 heavy (non-hydrogen) atoms. The molecule has 5 heteroatoms. The average Bonchev–Trinajstić information content (AvgIpc) is 2.71. The summed E-state index contributed by atoms with van der Waals surface area (Å²) in [5, 5.41) is 1.51. The maximum absolute atomic E-state index is 11.3. The van der Waals surface area contributed by atoms with Crippen LogP contribution in [0, 0.1) is 5.92 Å². The first-order valence-electron chi connectivity index (χ1n) is 10.4. The van der Waals surface area contributed by atoms with E-state index in [1.54, 1.807) is 0 Å². The lowest BCUT2D eigenvalue weighted by atomic mass is 10.0. The first kappa shape index (κ1) is 21.3. The second kappa shape index (κ2) is 9.40. The molecule has 0 aromatic heterocycles. The third kappa shape index (κ3) is 5.79. The number of carbonyl (C=O) groups is 2. The lowest BCUT2D eigenvalue weighted by Gasteiger charge is -2.23. The second-order valence-corrected chi connectivity index (χ2v) is 13.4. The molecule has 2 aromatic rings. The van der Waals surface area contributed by atoms with Gasteiger partial charge < -0.3 is 9.47 Å². The van der Waals surface area contributed by atoms with Gasteiger partial charge in [0.25, 0.3) is 0 Å². The molecule has 0 atom stereocenters. The largest absolute Gasteiger partial charge is 0.493 e. The van der Waals surface area contributed by atoms with Crippen LogP contribution in [0.25, 0.3) is 11.1 Å². The maximum atomic E-state index is 11.3. The molecule has 0 saturated carbocycles. The molecule has 0 spiro atoms. The van der Waals surface area contributed by atoms with Crippen LogP contribution in [0.15, 0.2) is 48.5 Å². The van der Waals surface area contributed by atoms with Crippen LogP contribution in [0.1, 0.15) is 32.6 Å². The Morgan fingerprint density at radius 3 is 2.03 bits per heavy atom. The van der Waals surface area contributed by atoms with Crippen molar-refractivity contribution in [1.82, 2.24) is 0 Å². The van der Waals surface area contributed by atoms with E-state index in [2.05, 4.69) is 49.0 Å². The molecule has 1 aliphatic heterocycles. The van der Waals surface area contributed by atoms with Gasteiger partial charge >= 0.3 is 11.9 Å². The van der Waals surface area contributed by atoms with Crippen LogP contribution in [-0.2, 0) is 14.3 Å². The van der Waals surface area contributed by atoms with Crippen molar-refractivity contribution in [3.63, 3.8) is 0 Å². The first-order valence-corrected chi connectivity index (χ1v) is 13.7. The van der Waals surface area contributed by atoms with E-state index in [1.807, 2.05) is 24.3 Å². The molecule has 0 N–H and O–H groups in total. The highest BCUT2D eigenvalue weighted by Gasteiger charge is 2.27. The van der Waals surface area contributed by atoms with E-state index in [4.69, 9.17) is 4.74 Å². The Balaban J connectivity index is 1.60. The summed E-state index contributed by atoms with van der Waals surface area (Å²) in [6.45, 7) is 7.49. The van der Waals surface area contributed by atoms with E-state index in [1.165, 1.54) is 29.6 Å². The number of ether oxygens (including phenoxy) is 2. The van der Waals surface area contributed by atoms with Crippen molar-refractivity contribution in [2.75, 3.05) is 6.61 Å². The van der Waals surface area contributed by atoms with Crippen LogP contribution >= 0.6 is 0 Å². The monoisotopic (exact) mass is 410 g/mol. The van der Waals surface area contributed by atoms with Crippen molar-refractivity contribution >= 4 is 25.2 Å². The highest BCUT2D eigenvalue weighted by molar-refractivity contribution is 6.89. The molecule has 1 fully saturated rings. The number of rotatable bonds is 8. The van der Waals surface area contributed by atoms with Crippen LogP contribution in [0.4, 0.5) is 0 Å². The van der Waals surface area contributed by atoms with Gasteiger partial charge in [-0.15, -0.1) is 0 Å². The Hall–Kier alpha value is -2.40. The third-order valence-corrected chi connectivity index (χ3v) is 9.13. The van der Waals surface area contributed by atoms with Gasteiger partial charge in [0.1, 0.15) is 5.75 Å². The fraction of sp³-hybridized carbons (Fsp3) is 0.417. The molecule has 1 saturated heterocycles. The molecule has 0 unspecified atom stereocenters. The van der Waals surface area contributed by atoms with Crippen LogP contribution in [-0.4, -0.2) is 26.6 Å². The zero-order chi connectivity index (χ0) is 20.9. The highest BCUT2D eigenvalue weighted by Crippen LogP contribution is 2.24. The van der Waals surface area contributed by atoms with Crippen LogP contribution in [0.3, 0.4) is 0 Å². The summed E-state index contributed by atoms with van der Waals surface area (Å²) >= 11 is 0. The van der Waals surface area contributed by atoms with Crippen LogP contribution in [0.5, 0.6) is 5.75 Å². The molecule has 0 radical (unpaired) electrons. The lowest BCUT2D eigenvalue weighted by molar-refractivity contribution is -0.166. The number of benzene rings is 2. The standard InChI is InChI=1S/C24H30O4Si/c1-4-5-14-29(2,3)22-12-8-20(9-13-22)19-6-10-21(11-7-19)27-17-18-15-23(25)28-24(26)16-18/h6-13,18H,4-5,14-17H2,1-3H3. The summed E-state index contributed by atoms with van der Waals surface area (Å²) in [4.78, 5) is 22.7. The SMILES string of the molecule is CCCC[Si](C)(C)c1ccc(-c2ccc(OCC3CC(=O)OC(=O)C3)cc2)cc1. The van der Waals surface area contributed by atoms with Crippen molar-refractivity contribution in [3.05, 3.63) is 48.5 Å². The van der Waals surface area contributed by atoms with Crippen molar-refractivity contribution in [1.29, 1.82) is 0 Å². The van der Waals surface area contributed by atoms with Crippen molar-refractivity contribution in [2.24, 2.45) is 5.92 Å². The number of unbranched alkanes of at least 4 members (excludes halogenated alkanes) is 1. The van der Waals surface area contributed by atoms with Gasteiger partial charge in [-0.1, -0.05) is 80.5 Å². The maximum Gasteiger partial charge on any atom is 0.313 e. The molecule has 1 heterocycles. The van der Waals surface area contributed by atoms with Gasteiger partial charge in [-0.05, 0) is 23.3 Å². The Kier molecular flexibility index (Phi) is 6.90. The van der Waals surface area contributed by atoms with Crippen molar-refractivity contribution < 1.29 is 19.1 Å². The van der Waals surface area contributed by atoms with E-state index < -0.39 is 20.0 Å². The van der Waals surface area contributed by atoms with E-state index in [-0.39, 0.29) is 18.8 Å². The minimum atomic E-state index is -1.35. The van der Waals surface area contributed by atoms with Gasteiger partial charge in [-0.25, -0.2) is 0 Å². The van der Waals surface area contributed by atoms with E-state index in [9.17, 15) is 9.59 Å². The zero-order valence-electron chi connectivity index (χ0n) is 17.6. The van der Waals surface area contributed by atoms with E-state index in [0.29, 0.717) is 6.61 Å². The number of hydrogen-bond donors (Lipinski definition) is 0. The van der Waals surface area contributed by atoms with Gasteiger partial charge in [0.2, 0.25) is 0 Å². The molecular formula is C24H30O4Si. The van der Waals surface area contributed by atoms with E-state index >= 15 is 0 Å². The number of hydrogen-bond acceptors (Lipinski definition) is 4. The van der Waals surface area contributed by atoms with Crippen LogP contribution in [0.2, 0.25) is 19.1 Å². The molecule has 0 amide bonds. The lowest BCUT2D eigenvalue weighted by Crippen LogP contribution is -2.40. The van der Waals surface area contributed by atoms with Crippen molar-refractivity contribution in [2.45, 2.75) is 51.7 Å². The Morgan fingerprint density at radius 1 is 0.931 bits per heavy atom. The van der Waals surface area contributed by atoms with Gasteiger partial charge in [-0.2, -0.15) is 0 Å². The van der Waals surface area contributed by atoms with E-state index in [0.717, 1.165) is 11.3 Å². The topological polar surface area (TPSA) is 52.6 Å². The zero-order valence-corrected chi connectivity index (χ0v) is 18.6. The fourth-order valence-electron chi connectivity index (χ4n) is 3.71. The molecular weight excluding hydrogens is 380 g/mol. The predicted octanol–water partition coefficient (Wildman–Crippen LogP) is 4.93. The Bertz CT molecular complexity index is 824. The van der Waals surface area contributed by atoms with Crippen molar-refractivity contribution in [3.8, 4) is 16.9 Å². The van der Waals surface area contributed by atoms with Gasteiger partial charge in [-0.3, -0.25) is 9.59 Å². The minimum Gasteiger partial charge on any atom is -0.493 e. The smallest absolute Gasteiger partial charge is 0.313 e. The summed E-state index contributed by atoms with van der Waals surface area (Å²) in [5.74, 6) is -0.301. The minimum absolute atomic E-state index is 0.115. The summed E-state index contributed by atoms with van der Waals surface area (Å²) in [6.07, 6.45) is 3.02. The molecule has 4 nitrogen and oxygen atoms in total. The molecule has 2 aromatic carbocycles. The summed E-state index contributed by atoms with van der Waals surface area (Å²) in [6, 6.07) is 18.3. The molecule has 0 aliphatic carbocycles. The molecule has 3 rings (SSSR count). The fourth-order valence-corrected chi connectivity index (χ4v) is 6.30. The summed E-state index contributed by atoms with van der Waals surface area (Å²) in [7, 11) is -1.35. The molecule has 0 bridgehead atoms. The Labute approximate surface area is 174 Å². The van der Waals surface area contributed by atoms with Crippen LogP contribution < -0.4 is 9.92 Å². The second-order valence-electron chi connectivity index (χ2n) is 8.52. The third-order valence-electron chi connectivity index (χ3n) is 5.63. The first-order chi connectivity index (χ1) is 13.9. The number of carbonyl (C=O) groups excluding carboxylic acids is 2. The predicted molar refractivity (Wildman–Crippen MR) is 118 cm³/mol. The summed E-state index contributed by atoms with van der Waals surface area (Å²) in [5.41, 5.74) is 2.34. The Morgan fingerprint density at radius 2 is 1.48 bits per heavy atom. The molecule has 1 aliphatic rings. The summed E-state index contributed by atoms with van der Waals surface area (Å²) < 4.78 is 10.3. The normalized spacial score (nSPS) is 15.3. The van der Waals surface area contributed by atoms with Gasteiger partial charge in [0.05, 0.1) is 27.5 Å².